The number of hydrogen-bond acceptors (Lipinski definition) is 30. The fourth-order valence-electron chi connectivity index (χ4n) is 17.6. The van der Waals surface area contributed by atoms with Crippen molar-refractivity contribution in [3.8, 4) is 0 Å². The first-order valence-electron chi connectivity index (χ1n) is 47.5. The van der Waals surface area contributed by atoms with Gasteiger partial charge in [-0.05, 0) is 174 Å². The Morgan fingerprint density at radius 3 is 0.973 bits per heavy atom. The zero-order valence-electron chi connectivity index (χ0n) is 87.0. The first kappa shape index (κ1) is 113. The van der Waals surface area contributed by atoms with E-state index in [9.17, 15) is 70.7 Å². The minimum Gasteiger partial charge on any atom is -0.422 e. The molecule has 17 rings (SSSR count). The van der Waals surface area contributed by atoms with E-state index < -0.39 is 70.5 Å². The van der Waals surface area contributed by atoms with Crippen LogP contribution in [0.5, 0.6) is 0 Å². The van der Waals surface area contributed by atoms with Gasteiger partial charge in [-0.3, -0.25) is 14.4 Å². The number of alkyl halides is 3. The molecular weight excluding hydrogens is 1920 g/mol. The van der Waals surface area contributed by atoms with E-state index in [0.717, 1.165) is 142 Å². The van der Waals surface area contributed by atoms with Gasteiger partial charge >= 0.3 is 58.0 Å². The summed E-state index contributed by atoms with van der Waals surface area (Å²) in [6.45, 7) is 31.4. The van der Waals surface area contributed by atoms with Crippen LogP contribution >= 0.6 is 0 Å². The zero-order chi connectivity index (χ0) is 108. The molecule has 5 aliphatic heterocycles. The molecular formula is C107H128F3N21O18. The number of anilines is 6. The Morgan fingerprint density at radius 1 is 0.356 bits per heavy atom. The van der Waals surface area contributed by atoms with Gasteiger partial charge in [0.2, 0.25) is 17.7 Å². The van der Waals surface area contributed by atoms with E-state index in [-0.39, 0.29) is 74.3 Å². The minimum absolute atomic E-state index is 0. The van der Waals surface area contributed by atoms with Gasteiger partial charge in [0.15, 0.2) is 0 Å². The Hall–Kier alpha value is -16.6. The third kappa shape index (κ3) is 27.2. The summed E-state index contributed by atoms with van der Waals surface area (Å²) < 4.78 is 70.2. The fraction of sp³-hybridized carbons (Fsp3) is 0.383. The molecule has 39 nitrogen and oxygen atoms in total. The number of halogens is 3. The second kappa shape index (κ2) is 46.4. The van der Waals surface area contributed by atoms with Crippen molar-refractivity contribution < 1.29 is 68.4 Å². The minimum atomic E-state index is -4.34. The lowest BCUT2D eigenvalue weighted by Gasteiger charge is -2.38. The summed E-state index contributed by atoms with van der Waals surface area (Å²) in [5.41, 5.74) is 27.1. The van der Waals surface area contributed by atoms with Crippen molar-refractivity contribution in [2.45, 2.75) is 170 Å². The molecule has 12 aromatic rings. The summed E-state index contributed by atoms with van der Waals surface area (Å²) in [5, 5.41) is 34.4. The van der Waals surface area contributed by atoms with Crippen molar-refractivity contribution in [1.29, 1.82) is 0 Å². The number of rotatable bonds is 14. The summed E-state index contributed by atoms with van der Waals surface area (Å²) in [6.07, 6.45) is 7.15. The van der Waals surface area contributed by atoms with Crippen LogP contribution in [0.1, 0.15) is 198 Å². The van der Waals surface area contributed by atoms with Crippen molar-refractivity contribution >= 4 is 173 Å². The van der Waals surface area contributed by atoms with Crippen molar-refractivity contribution in [1.82, 2.24) is 48.5 Å². The lowest BCUT2D eigenvalue weighted by atomic mass is 9.77. The predicted octanol–water partition coefficient (Wildman–Crippen LogP) is 14.6. The molecule has 0 fully saturated rings. The topological polar surface area (TPSA) is 486 Å². The van der Waals surface area contributed by atoms with Gasteiger partial charge in [-0.1, -0.05) is 76.7 Å². The number of carbonyl (C=O) groups is 6. The number of urea groups is 3. The molecule has 149 heavy (non-hydrogen) atoms. The molecule has 42 heteroatoms. The quantitative estimate of drug-likeness (QED) is 0.0277. The number of nitrogens with zero attached hydrogens (tertiary/aromatic N) is 12. The first-order chi connectivity index (χ1) is 69.6. The van der Waals surface area contributed by atoms with Crippen LogP contribution in [-0.2, 0) is 41.5 Å². The standard InChI is InChI=1S/C19H24N4O3.2C18H22N4O3.2C18H21N3O3.C15H14F3N3O3.CH4/c1-11(21-22-18(25)20-4)13-8-12-9-14-15(10-16(12)26-17(13)24)23(5)7-6-19(14,2)3;1-18(2)5-6-22(4)14-9-15-11(8-13(14)18)7-12(16(23)25-15)10-20-21-17(24)19-3;1-18(2)7-8-22(4)13-6-5-11-9-12(10-20-21-17(24)19-3)16(23)25-15(11)14(13)18;1-11(22)20-19-10-13-7-12-8-14-15(9-16(12)24-17(13)23)21(4)6-5-18(14,2)3;1-11(22)20-19-10-13-9-12-5-6-14-15(16(12)24-17(13)23)18(2,3)7-8-21(14)4;1-9(22)20-19-7-11-5-10-3-4-12(6-13(10)24-14(11)23)21(2)8-15(16,17)18;/h8-10H,6-7H2,1-5H3,(H2,20,22,25);7-10H,5-6H2,1-4H3,(H2,19,21,24);5-6,9-10H,7-8H2,1-4H3,(H2,19,21,24);7-10H,5-6H2,1-4H3,(H,20,22);5-6,9-10H,7-8H2,1-4H3,(H,20,22);3-7H,8H2,1-2H3,(H,20,22);1H4/b21-11+;2*20-10+;2*19-10+;19-7+;. The van der Waals surface area contributed by atoms with E-state index in [2.05, 4.69) is 203 Å². The third-order valence-corrected chi connectivity index (χ3v) is 26.4. The van der Waals surface area contributed by atoms with Crippen LogP contribution in [-0.4, -0.2) is 181 Å². The first-order valence-corrected chi connectivity index (χ1v) is 47.5. The van der Waals surface area contributed by atoms with Crippen LogP contribution in [0.3, 0.4) is 0 Å². The van der Waals surface area contributed by atoms with Gasteiger partial charge in [0.25, 0.3) is 0 Å². The van der Waals surface area contributed by atoms with Crippen LogP contribution in [0.4, 0.5) is 61.7 Å². The number of carbonyl (C=O) groups excluding carboxylic acids is 6. The predicted molar refractivity (Wildman–Crippen MR) is 580 cm³/mol. The van der Waals surface area contributed by atoms with E-state index in [0.29, 0.717) is 55.7 Å². The van der Waals surface area contributed by atoms with Gasteiger partial charge in [0.05, 0.1) is 70.2 Å². The highest BCUT2D eigenvalue weighted by atomic mass is 19.4. The molecule has 9 amide bonds. The van der Waals surface area contributed by atoms with Crippen molar-refractivity contribution in [3.05, 3.63) is 239 Å². The zero-order valence-corrected chi connectivity index (χ0v) is 87.0. The summed E-state index contributed by atoms with van der Waals surface area (Å²) in [7, 11) is 16.0. The number of benzene rings is 6. The van der Waals surface area contributed by atoms with Crippen LogP contribution in [0.15, 0.2) is 201 Å². The summed E-state index contributed by atoms with van der Waals surface area (Å²) in [6, 6.07) is 33.3. The molecule has 0 radical (unpaired) electrons. The van der Waals surface area contributed by atoms with Crippen LogP contribution < -0.4 is 112 Å². The smallest absolute Gasteiger partial charge is 0.405 e. The Bertz CT molecular complexity index is 7680. The van der Waals surface area contributed by atoms with Gasteiger partial charge in [0, 0.05) is 219 Å². The average molecular weight is 2050 g/mol. The van der Waals surface area contributed by atoms with Crippen molar-refractivity contribution in [2.75, 3.05) is 132 Å². The molecule has 0 atom stereocenters. The Kier molecular flexibility index (Phi) is 35.1. The summed E-state index contributed by atoms with van der Waals surface area (Å²) in [4.78, 5) is 151. The molecule has 6 aromatic carbocycles. The normalized spacial score (nSPS) is 15.4. The number of hydrogen-bond donors (Lipinski definition) is 9. The number of fused-ring (bicyclic) bond motifs is 13. The monoisotopic (exact) mass is 2050 g/mol. The van der Waals surface area contributed by atoms with Gasteiger partial charge in [-0.2, -0.15) is 43.8 Å². The Morgan fingerprint density at radius 2 is 0.638 bits per heavy atom. The highest BCUT2D eigenvalue weighted by molar-refractivity contribution is 6.02. The molecule has 0 aliphatic carbocycles. The van der Waals surface area contributed by atoms with Crippen LogP contribution in [0, 0.1) is 0 Å². The van der Waals surface area contributed by atoms with Crippen molar-refractivity contribution in [3.63, 3.8) is 0 Å². The maximum atomic E-state index is 12.4. The van der Waals surface area contributed by atoms with E-state index in [1.165, 1.54) is 115 Å². The van der Waals surface area contributed by atoms with Crippen LogP contribution in [0.25, 0.3) is 65.8 Å². The Balaban J connectivity index is 0.000000169. The van der Waals surface area contributed by atoms with Crippen LogP contribution in [0.2, 0.25) is 0 Å². The highest BCUT2D eigenvalue weighted by Gasteiger charge is 2.39. The molecule has 0 bridgehead atoms. The van der Waals surface area contributed by atoms with Gasteiger partial charge < -0.3 is 71.9 Å². The van der Waals surface area contributed by atoms with E-state index >= 15 is 0 Å². The molecule has 9 N–H and O–H groups in total. The third-order valence-electron chi connectivity index (χ3n) is 26.4. The molecule has 0 saturated heterocycles. The SMILES string of the molecule is C.CC(=O)N/N=C/c1cc2cc3c(cc2oc1=O)N(C)CCC3(C)C.CC(=O)N/N=C/c1cc2ccc(N(C)CC(F)(F)F)cc2oc1=O.CC(=O)N/N=C/c1cc2ccc3c(c2oc1=O)C(C)(C)CCN3C.CNC(=O)N/N=C(\C)c1cc2cc3c(cc2oc1=O)N(C)CCC3(C)C.CNC(=O)N/N=C/c1cc2cc3c(cc2oc1=O)N(C)CCC3(C)C.CNC(=O)N/N=C/c1cc2ccc3c(c2oc1=O)C(C)(C)CCN3C. The molecule has 6 aromatic heterocycles. The lowest BCUT2D eigenvalue weighted by Crippen LogP contribution is -2.35. The maximum absolute atomic E-state index is 12.4. The van der Waals surface area contributed by atoms with Crippen molar-refractivity contribution in [2.24, 2.45) is 30.6 Å². The van der Waals surface area contributed by atoms with Gasteiger partial charge in [0.1, 0.15) is 40.0 Å². The number of hydrazone groups is 6. The fourth-order valence-corrected chi connectivity index (χ4v) is 17.6. The molecule has 790 valence electrons. The summed E-state index contributed by atoms with van der Waals surface area (Å²) >= 11 is 0. The van der Waals surface area contributed by atoms with E-state index in [4.69, 9.17) is 26.5 Å². The molecule has 0 saturated carbocycles. The molecule has 5 aliphatic rings. The van der Waals surface area contributed by atoms with E-state index in [1.807, 2.05) is 65.6 Å². The number of amides is 9. The average Bonchev–Trinajstić information content (AvgIpc) is 0.747. The highest BCUT2D eigenvalue weighted by Crippen LogP contribution is 2.48. The molecule has 11 heterocycles. The largest absolute Gasteiger partial charge is 0.422 e. The maximum Gasteiger partial charge on any atom is 0.405 e. The Labute approximate surface area is 856 Å². The second-order valence-corrected chi connectivity index (χ2v) is 39.9. The van der Waals surface area contributed by atoms with Gasteiger partial charge in [-0.15, -0.1) is 0 Å². The lowest BCUT2D eigenvalue weighted by molar-refractivity contribution is -0.119. The van der Waals surface area contributed by atoms with Gasteiger partial charge in [-0.25, -0.2) is 75.7 Å². The number of nitrogens with one attached hydrogen (secondary N) is 9. The summed E-state index contributed by atoms with van der Waals surface area (Å²) in [5.74, 6) is -0.987. The molecule has 0 unspecified atom stereocenters. The second-order valence-electron chi connectivity index (χ2n) is 39.9. The van der Waals surface area contributed by atoms with E-state index in [1.54, 1.807) is 37.3 Å². The molecule has 0 spiro atoms.